The summed E-state index contributed by atoms with van der Waals surface area (Å²) in [5.74, 6) is -3.57. The second-order valence-electron chi connectivity index (χ2n) is 3.52. The van der Waals surface area contributed by atoms with Crippen LogP contribution in [0, 0.1) is 0 Å². The van der Waals surface area contributed by atoms with Gasteiger partial charge in [-0.15, -0.1) is 0 Å². The van der Waals surface area contributed by atoms with E-state index in [1.165, 1.54) is 13.2 Å². The number of hydrogen-bond acceptors (Lipinski definition) is 3. The Morgan fingerprint density at radius 1 is 1.62 bits per heavy atom. The Kier molecular flexibility index (Phi) is 2.69. The second-order valence-corrected chi connectivity index (χ2v) is 4.33. The largest absolute Gasteiger partial charge is 0.465 e. The predicted molar refractivity (Wildman–Crippen MR) is 55.5 cm³/mol. The van der Waals surface area contributed by atoms with Crippen molar-refractivity contribution in [2.24, 2.45) is 0 Å². The van der Waals surface area contributed by atoms with Crippen LogP contribution in [-0.4, -0.2) is 18.1 Å². The van der Waals surface area contributed by atoms with E-state index in [-0.39, 0.29) is 28.7 Å². The van der Waals surface area contributed by atoms with Gasteiger partial charge in [-0.1, -0.05) is 0 Å². The van der Waals surface area contributed by atoms with Gasteiger partial charge in [-0.3, -0.25) is 0 Å². The Balaban J connectivity index is 2.62. The first-order valence-electron chi connectivity index (χ1n) is 4.62. The van der Waals surface area contributed by atoms with E-state index < -0.39 is 11.9 Å². The summed E-state index contributed by atoms with van der Waals surface area (Å²) < 4.78 is 31.6. The molecule has 1 aliphatic carbocycles. The summed E-state index contributed by atoms with van der Waals surface area (Å²) >= 11 is 3.01. The highest BCUT2D eigenvalue weighted by atomic mass is 79.9. The second kappa shape index (κ2) is 3.76. The fourth-order valence-corrected chi connectivity index (χ4v) is 2.19. The molecule has 0 saturated carbocycles. The maximum absolute atomic E-state index is 13.4. The number of alkyl halides is 2. The van der Waals surface area contributed by atoms with Crippen LogP contribution in [0.1, 0.15) is 28.0 Å². The molecular weight excluding hydrogens is 284 g/mol. The monoisotopic (exact) mass is 291 g/mol. The van der Waals surface area contributed by atoms with Gasteiger partial charge in [0.25, 0.3) is 5.92 Å². The predicted octanol–water partition coefficient (Wildman–Crippen LogP) is 2.67. The Hall–Kier alpha value is -1.04. The van der Waals surface area contributed by atoms with Crippen molar-refractivity contribution in [1.29, 1.82) is 0 Å². The van der Waals surface area contributed by atoms with Crippen molar-refractivity contribution in [3.63, 3.8) is 0 Å². The highest BCUT2D eigenvalue weighted by Gasteiger charge is 2.43. The lowest BCUT2D eigenvalue weighted by atomic mass is 10.1. The first-order chi connectivity index (χ1) is 7.45. The first kappa shape index (κ1) is 11.4. The van der Waals surface area contributed by atoms with Gasteiger partial charge in [-0.25, -0.2) is 9.78 Å². The van der Waals surface area contributed by atoms with E-state index in [9.17, 15) is 13.6 Å². The van der Waals surface area contributed by atoms with Crippen LogP contribution >= 0.6 is 15.9 Å². The molecule has 6 heteroatoms. The number of pyridine rings is 1. The number of halogens is 3. The number of fused-ring (bicyclic) bond motifs is 1. The van der Waals surface area contributed by atoms with Gasteiger partial charge in [0.05, 0.1) is 12.7 Å². The molecule has 1 aliphatic rings. The van der Waals surface area contributed by atoms with Crippen LogP contribution < -0.4 is 0 Å². The Morgan fingerprint density at radius 3 is 2.94 bits per heavy atom. The average molecular weight is 292 g/mol. The summed E-state index contributed by atoms with van der Waals surface area (Å²) in [5, 5.41) is 0. The van der Waals surface area contributed by atoms with E-state index in [0.29, 0.717) is 5.56 Å². The summed E-state index contributed by atoms with van der Waals surface area (Å²) in [5.41, 5.74) is 0.138. The molecule has 0 amide bonds. The van der Waals surface area contributed by atoms with Crippen LogP contribution in [-0.2, 0) is 17.1 Å². The summed E-state index contributed by atoms with van der Waals surface area (Å²) in [6.07, 6.45) is -0.164. The van der Waals surface area contributed by atoms with Crippen molar-refractivity contribution in [2.45, 2.75) is 18.8 Å². The molecule has 0 radical (unpaired) electrons. The molecule has 0 spiro atoms. The zero-order chi connectivity index (χ0) is 11.9. The molecule has 0 bridgehead atoms. The number of nitrogens with zero attached hydrogens (tertiary/aromatic N) is 1. The van der Waals surface area contributed by atoms with Crippen molar-refractivity contribution in [2.75, 3.05) is 7.11 Å². The third kappa shape index (κ3) is 1.71. The van der Waals surface area contributed by atoms with Crippen molar-refractivity contribution in [3.05, 3.63) is 27.5 Å². The van der Waals surface area contributed by atoms with Gasteiger partial charge in [-0.2, -0.15) is 8.78 Å². The molecular formula is C10H8BrF2NO2. The topological polar surface area (TPSA) is 39.2 Å². The quantitative estimate of drug-likeness (QED) is 0.590. The number of esters is 1. The fraction of sp³-hybridized carbons (Fsp3) is 0.400. The molecule has 0 saturated heterocycles. The highest BCUT2D eigenvalue weighted by molar-refractivity contribution is 9.10. The molecule has 1 heterocycles. The van der Waals surface area contributed by atoms with E-state index >= 15 is 0 Å². The molecule has 0 fully saturated rings. The van der Waals surface area contributed by atoms with Crippen molar-refractivity contribution in [1.82, 2.24) is 4.98 Å². The van der Waals surface area contributed by atoms with Crippen LogP contribution in [0.25, 0.3) is 0 Å². The standard InChI is InChI=1S/C10H8BrF2NO2/c1-16-9(15)6-4-7(11)14-8-5(6)2-3-10(8,12)13/h4H,2-3H2,1H3. The zero-order valence-electron chi connectivity index (χ0n) is 8.39. The van der Waals surface area contributed by atoms with Gasteiger partial charge < -0.3 is 4.74 Å². The lowest BCUT2D eigenvalue weighted by Gasteiger charge is -2.10. The molecule has 2 rings (SSSR count). The maximum atomic E-state index is 13.4. The fourth-order valence-electron chi connectivity index (χ4n) is 1.79. The van der Waals surface area contributed by atoms with Crippen LogP contribution in [0.5, 0.6) is 0 Å². The van der Waals surface area contributed by atoms with Gasteiger partial charge in [0.2, 0.25) is 0 Å². The molecule has 1 aromatic rings. The minimum Gasteiger partial charge on any atom is -0.465 e. The molecule has 16 heavy (non-hydrogen) atoms. The summed E-state index contributed by atoms with van der Waals surface area (Å²) in [6.45, 7) is 0. The summed E-state index contributed by atoms with van der Waals surface area (Å²) in [6, 6.07) is 1.41. The normalized spacial score (nSPS) is 17.0. The van der Waals surface area contributed by atoms with E-state index in [2.05, 4.69) is 25.7 Å². The molecule has 0 aliphatic heterocycles. The van der Waals surface area contributed by atoms with Gasteiger partial charge in [0.1, 0.15) is 10.3 Å². The van der Waals surface area contributed by atoms with Crippen LogP contribution in [0.15, 0.2) is 10.7 Å². The number of carbonyl (C=O) groups excluding carboxylic acids is 1. The number of ether oxygens (including phenoxy) is 1. The third-order valence-electron chi connectivity index (χ3n) is 2.53. The summed E-state index contributed by atoms with van der Waals surface area (Å²) in [7, 11) is 1.22. The number of rotatable bonds is 1. The first-order valence-corrected chi connectivity index (χ1v) is 5.41. The SMILES string of the molecule is COC(=O)c1cc(Br)nc2c1CCC2(F)F. The van der Waals surface area contributed by atoms with Crippen molar-refractivity contribution < 1.29 is 18.3 Å². The molecule has 1 aromatic heterocycles. The van der Waals surface area contributed by atoms with E-state index in [1.807, 2.05) is 0 Å². The van der Waals surface area contributed by atoms with Gasteiger partial charge >= 0.3 is 5.97 Å². The summed E-state index contributed by atoms with van der Waals surface area (Å²) in [4.78, 5) is 15.2. The minimum atomic E-state index is -2.96. The minimum absolute atomic E-state index is 0.146. The number of aromatic nitrogens is 1. The molecule has 0 N–H and O–H groups in total. The van der Waals surface area contributed by atoms with Crippen molar-refractivity contribution in [3.8, 4) is 0 Å². The molecule has 0 atom stereocenters. The highest BCUT2D eigenvalue weighted by Crippen LogP contribution is 2.42. The van der Waals surface area contributed by atoms with Crippen LogP contribution in [0.3, 0.4) is 0 Å². The Labute approximate surface area is 98.9 Å². The molecule has 0 aromatic carbocycles. The zero-order valence-corrected chi connectivity index (χ0v) is 9.98. The lowest BCUT2D eigenvalue weighted by molar-refractivity contribution is -0.00605. The molecule has 3 nitrogen and oxygen atoms in total. The number of hydrogen-bond donors (Lipinski definition) is 0. The van der Waals surface area contributed by atoms with Gasteiger partial charge in [-0.05, 0) is 34.0 Å². The number of methoxy groups -OCH3 is 1. The number of carbonyl (C=O) groups is 1. The van der Waals surface area contributed by atoms with E-state index in [4.69, 9.17) is 0 Å². The van der Waals surface area contributed by atoms with Crippen LogP contribution in [0.2, 0.25) is 0 Å². The third-order valence-corrected chi connectivity index (χ3v) is 2.94. The van der Waals surface area contributed by atoms with Crippen LogP contribution in [0.4, 0.5) is 8.78 Å². The van der Waals surface area contributed by atoms with E-state index in [1.54, 1.807) is 0 Å². The van der Waals surface area contributed by atoms with E-state index in [0.717, 1.165) is 0 Å². The molecule has 86 valence electrons. The smallest absolute Gasteiger partial charge is 0.338 e. The maximum Gasteiger partial charge on any atom is 0.338 e. The average Bonchev–Trinajstić information content (AvgIpc) is 2.53. The van der Waals surface area contributed by atoms with Crippen molar-refractivity contribution >= 4 is 21.9 Å². The Bertz CT molecular complexity index is 462. The van der Waals surface area contributed by atoms with Gasteiger partial charge in [0.15, 0.2) is 0 Å². The van der Waals surface area contributed by atoms with Gasteiger partial charge in [0, 0.05) is 6.42 Å². The Morgan fingerprint density at radius 2 is 2.31 bits per heavy atom. The lowest BCUT2D eigenvalue weighted by Crippen LogP contribution is -2.12. The molecule has 0 unspecified atom stereocenters.